The molecule has 0 radical (unpaired) electrons. The van der Waals surface area contributed by atoms with E-state index in [4.69, 9.17) is 17.0 Å². The average molecular weight is 486 g/mol. The molecule has 0 atom stereocenters. The first-order valence-electron chi connectivity index (χ1n) is 9.95. The van der Waals surface area contributed by atoms with Crippen LogP contribution in [0.15, 0.2) is 60.7 Å². The number of hydrogen-bond acceptors (Lipinski definition) is 0. The first kappa shape index (κ1) is 20.3. The van der Waals surface area contributed by atoms with Gasteiger partial charge >= 0.3 is 37.9 Å². The second-order valence-electron chi connectivity index (χ2n) is 7.46. The van der Waals surface area contributed by atoms with E-state index in [1.54, 1.807) is 0 Å². The topological polar surface area (TPSA) is 0 Å². The van der Waals surface area contributed by atoms with Gasteiger partial charge in [0.1, 0.15) is 0 Å². The third kappa shape index (κ3) is 3.87. The molecule has 142 valence electrons. The van der Waals surface area contributed by atoms with Crippen LogP contribution in [0.4, 0.5) is 0 Å². The zero-order valence-corrected chi connectivity index (χ0v) is 20.0. The molecule has 0 saturated heterocycles. The van der Waals surface area contributed by atoms with Gasteiger partial charge in [-0.15, -0.1) is 34.5 Å². The van der Waals surface area contributed by atoms with Crippen LogP contribution in [0.1, 0.15) is 36.5 Å². The van der Waals surface area contributed by atoms with Gasteiger partial charge in [-0.25, -0.2) is 0 Å². The van der Waals surface area contributed by atoms with E-state index < -0.39 is 20.8 Å². The standard InChI is InChI=1S/C25H23.2ClH.Zr/c1-2-3-6-17-15-20-8-5-9-21(24(20)16-17)22-14-13-19-12-11-18-7-4-10-23(22)25(18)19;;;/h4-5,7-10,13-16H,2-3,6,11-12H2,1H3;2*1H;/q-1;;;+2/p-2. The molecule has 0 N–H and O–H groups in total. The molecule has 0 amide bonds. The summed E-state index contributed by atoms with van der Waals surface area (Å²) in [6.07, 6.45) is 6.10. The van der Waals surface area contributed by atoms with Gasteiger partial charge in [0.05, 0.1) is 0 Å². The second kappa shape index (κ2) is 9.21. The molecule has 0 unspecified atom stereocenters. The molecular weight excluding hydrogens is 462 g/mol. The minimum absolute atomic E-state index is 0.826. The number of halogens is 2. The van der Waals surface area contributed by atoms with E-state index in [9.17, 15) is 0 Å². The van der Waals surface area contributed by atoms with E-state index in [1.807, 2.05) is 0 Å². The van der Waals surface area contributed by atoms with Crippen LogP contribution in [0.5, 0.6) is 0 Å². The molecule has 0 heterocycles. The van der Waals surface area contributed by atoms with Crippen molar-refractivity contribution in [2.24, 2.45) is 0 Å². The Hall–Kier alpha value is -1.01. The van der Waals surface area contributed by atoms with E-state index >= 15 is 0 Å². The van der Waals surface area contributed by atoms with Gasteiger partial charge in [-0.1, -0.05) is 61.7 Å². The Morgan fingerprint density at radius 3 is 2.39 bits per heavy atom. The Morgan fingerprint density at radius 2 is 1.61 bits per heavy atom. The minimum atomic E-state index is -0.826. The fourth-order valence-corrected chi connectivity index (χ4v) is 4.54. The summed E-state index contributed by atoms with van der Waals surface area (Å²) in [6.45, 7) is 2.26. The Bertz CT molecular complexity index is 1100. The average Bonchev–Trinajstić information content (AvgIpc) is 3.32. The van der Waals surface area contributed by atoms with Crippen molar-refractivity contribution in [1.82, 2.24) is 0 Å². The summed E-state index contributed by atoms with van der Waals surface area (Å²) >= 11 is -0.826. The first-order chi connectivity index (χ1) is 13.8. The third-order valence-electron chi connectivity index (χ3n) is 5.80. The van der Waals surface area contributed by atoms with E-state index in [0.717, 1.165) is 0 Å². The Balaban J connectivity index is 0.000000604. The van der Waals surface area contributed by atoms with E-state index in [2.05, 4.69) is 67.6 Å². The van der Waals surface area contributed by atoms with Gasteiger partial charge in [0, 0.05) is 0 Å². The molecule has 0 aromatic heterocycles. The Labute approximate surface area is 185 Å². The molecule has 0 bridgehead atoms. The summed E-state index contributed by atoms with van der Waals surface area (Å²) in [6, 6.07) is 23.1. The van der Waals surface area contributed by atoms with E-state index in [-0.39, 0.29) is 0 Å². The molecule has 3 heteroatoms. The van der Waals surface area contributed by atoms with Gasteiger partial charge in [-0.3, -0.25) is 0 Å². The first-order valence-corrected chi connectivity index (χ1v) is 16.3. The van der Waals surface area contributed by atoms with Crippen molar-refractivity contribution in [3.05, 3.63) is 77.4 Å². The number of unbranched alkanes of at least 4 members (excludes halogenated alkanes) is 1. The van der Waals surface area contributed by atoms with Crippen molar-refractivity contribution in [1.29, 1.82) is 0 Å². The van der Waals surface area contributed by atoms with Crippen LogP contribution in [0, 0.1) is 0 Å². The Kier molecular flexibility index (Phi) is 6.67. The number of hydrogen-bond donors (Lipinski definition) is 0. The summed E-state index contributed by atoms with van der Waals surface area (Å²) < 4.78 is 0. The number of fused-ring (bicyclic) bond motifs is 1. The maximum absolute atomic E-state index is 4.93. The molecule has 0 fully saturated rings. The molecule has 0 spiro atoms. The summed E-state index contributed by atoms with van der Waals surface area (Å²) in [5, 5.41) is 5.73. The van der Waals surface area contributed by atoms with E-state index in [0.29, 0.717) is 0 Å². The van der Waals surface area contributed by atoms with Gasteiger partial charge in [0.2, 0.25) is 0 Å². The molecule has 1 aliphatic carbocycles. The molecule has 5 rings (SSSR count). The van der Waals surface area contributed by atoms with Gasteiger partial charge in [-0.05, 0) is 46.7 Å². The third-order valence-corrected chi connectivity index (χ3v) is 5.80. The molecule has 0 aliphatic heterocycles. The van der Waals surface area contributed by atoms with Crippen LogP contribution < -0.4 is 0 Å². The zero-order valence-electron chi connectivity index (χ0n) is 16.1. The second-order valence-corrected chi connectivity index (χ2v) is 11.2. The molecule has 1 aliphatic rings. The van der Waals surface area contributed by atoms with Crippen molar-refractivity contribution < 1.29 is 20.8 Å². The summed E-state index contributed by atoms with van der Waals surface area (Å²) in [5.74, 6) is 0. The van der Waals surface area contributed by atoms with Crippen LogP contribution in [-0.2, 0) is 40.1 Å². The molecule has 4 aromatic rings. The van der Waals surface area contributed by atoms with Gasteiger partial charge in [0.15, 0.2) is 0 Å². The van der Waals surface area contributed by atoms with Gasteiger partial charge in [-0.2, -0.15) is 6.07 Å². The number of aryl methyl sites for hydroxylation is 3. The van der Waals surface area contributed by atoms with Crippen LogP contribution in [-0.4, -0.2) is 0 Å². The van der Waals surface area contributed by atoms with Crippen LogP contribution >= 0.6 is 17.0 Å². The normalized spacial score (nSPS) is 12.2. The monoisotopic (exact) mass is 483 g/mol. The maximum atomic E-state index is 4.93. The quantitative estimate of drug-likeness (QED) is 0.256. The van der Waals surface area contributed by atoms with Crippen LogP contribution in [0.2, 0.25) is 0 Å². The van der Waals surface area contributed by atoms with Crippen LogP contribution in [0.25, 0.3) is 32.7 Å². The molecule has 0 nitrogen and oxygen atoms in total. The van der Waals surface area contributed by atoms with Crippen molar-refractivity contribution >= 4 is 38.6 Å². The summed E-state index contributed by atoms with van der Waals surface area (Å²) in [4.78, 5) is 0. The van der Waals surface area contributed by atoms with Crippen molar-refractivity contribution in [2.45, 2.75) is 39.0 Å². The molecule has 0 saturated carbocycles. The van der Waals surface area contributed by atoms with Crippen molar-refractivity contribution in [3.8, 4) is 11.1 Å². The Morgan fingerprint density at radius 1 is 0.893 bits per heavy atom. The SMILES string of the molecule is CCCCc1cc2c(-c3ccc4c5c(cccc35)CC4)cccc2[cH-]1.[Cl][Zr][Cl]. The van der Waals surface area contributed by atoms with Crippen molar-refractivity contribution in [3.63, 3.8) is 0 Å². The van der Waals surface area contributed by atoms with Crippen LogP contribution in [0.3, 0.4) is 0 Å². The summed E-state index contributed by atoms with van der Waals surface area (Å²) in [5.41, 5.74) is 7.30. The predicted octanol–water partition coefficient (Wildman–Crippen LogP) is 8.20. The van der Waals surface area contributed by atoms with E-state index in [1.165, 1.54) is 81.5 Å². The molecule has 4 aromatic carbocycles. The van der Waals surface area contributed by atoms with Gasteiger partial charge < -0.3 is 0 Å². The fourth-order valence-electron chi connectivity index (χ4n) is 4.54. The predicted molar refractivity (Wildman–Crippen MR) is 120 cm³/mol. The molecule has 28 heavy (non-hydrogen) atoms. The number of rotatable bonds is 4. The molecular formula is C25H23Cl2Zr-. The van der Waals surface area contributed by atoms with Crippen molar-refractivity contribution in [2.75, 3.05) is 0 Å². The number of benzene rings is 3. The summed E-state index contributed by atoms with van der Waals surface area (Å²) in [7, 11) is 9.87. The zero-order chi connectivity index (χ0) is 19.5. The van der Waals surface area contributed by atoms with Gasteiger partial charge in [0.25, 0.3) is 0 Å². The fraction of sp³-hybridized carbons (Fsp3) is 0.240.